The quantitative estimate of drug-likeness (QED) is 0.889. The molecule has 0 bridgehead atoms. The van der Waals surface area contributed by atoms with E-state index in [-0.39, 0.29) is 17.8 Å². The van der Waals surface area contributed by atoms with E-state index in [1.807, 2.05) is 4.90 Å². The van der Waals surface area contributed by atoms with Crippen molar-refractivity contribution in [3.8, 4) is 0 Å². The lowest BCUT2D eigenvalue weighted by atomic mass is 9.77. The Hall–Kier alpha value is -1.93. The highest BCUT2D eigenvalue weighted by Gasteiger charge is 2.56. The van der Waals surface area contributed by atoms with Gasteiger partial charge in [-0.25, -0.2) is 4.39 Å². The number of carbonyl (C=O) groups excluding carboxylic acids is 1. The largest absolute Gasteiger partial charge is 0.337 e. The minimum absolute atomic E-state index is 0.0650. The van der Waals surface area contributed by atoms with Crippen molar-refractivity contribution in [1.29, 1.82) is 0 Å². The zero-order valence-corrected chi connectivity index (χ0v) is 15.0. The highest BCUT2D eigenvalue weighted by molar-refractivity contribution is 8.00. The fraction of sp³-hybridized carbons (Fsp3) is 0.500. The summed E-state index contributed by atoms with van der Waals surface area (Å²) in [5, 5.41) is 4.09. The van der Waals surface area contributed by atoms with Gasteiger partial charge >= 0.3 is 0 Å². The third-order valence-electron chi connectivity index (χ3n) is 5.84. The van der Waals surface area contributed by atoms with Crippen LogP contribution in [-0.2, 0) is 15.2 Å². The van der Waals surface area contributed by atoms with E-state index in [4.69, 9.17) is 10.3 Å². The Morgan fingerprint density at radius 2 is 2.04 bits per heavy atom. The first-order valence-electron chi connectivity index (χ1n) is 8.87. The fourth-order valence-electron chi connectivity index (χ4n) is 4.19. The summed E-state index contributed by atoms with van der Waals surface area (Å²) in [7, 11) is 0. The summed E-state index contributed by atoms with van der Waals surface area (Å²) in [5.74, 6) is 1.44. The van der Waals surface area contributed by atoms with Gasteiger partial charge in [0, 0.05) is 12.2 Å². The number of amides is 1. The number of benzene rings is 1. The van der Waals surface area contributed by atoms with Crippen molar-refractivity contribution in [3.05, 3.63) is 47.4 Å². The van der Waals surface area contributed by atoms with Crippen LogP contribution in [0.1, 0.15) is 55.4 Å². The van der Waals surface area contributed by atoms with Crippen LogP contribution in [0.15, 0.2) is 28.8 Å². The Kier molecular flexibility index (Phi) is 3.46. The molecular formula is C18H19FN4O2S. The smallest absolute Gasteiger partial charge is 0.250 e. The maximum absolute atomic E-state index is 13.4. The van der Waals surface area contributed by atoms with Gasteiger partial charge in [-0.05, 0) is 43.4 Å². The summed E-state index contributed by atoms with van der Waals surface area (Å²) >= 11 is 1.69. The predicted molar refractivity (Wildman–Crippen MR) is 93.4 cm³/mol. The molecule has 0 spiro atoms. The summed E-state index contributed by atoms with van der Waals surface area (Å²) < 4.78 is 18.9. The van der Waals surface area contributed by atoms with E-state index < -0.39 is 10.4 Å². The number of fused-ring (bicyclic) bond motifs is 1. The van der Waals surface area contributed by atoms with Crippen molar-refractivity contribution < 1.29 is 13.7 Å². The van der Waals surface area contributed by atoms with Crippen molar-refractivity contribution in [2.75, 3.05) is 5.75 Å². The molecule has 1 aromatic heterocycles. The van der Waals surface area contributed by atoms with Gasteiger partial charge in [0.1, 0.15) is 16.7 Å². The normalized spacial score (nSPS) is 29.7. The first-order chi connectivity index (χ1) is 12.5. The van der Waals surface area contributed by atoms with E-state index in [1.54, 1.807) is 23.9 Å². The lowest BCUT2D eigenvalue weighted by Gasteiger charge is -2.34. The molecule has 3 aliphatic rings. The molecule has 26 heavy (non-hydrogen) atoms. The lowest BCUT2D eigenvalue weighted by molar-refractivity contribution is -0.131. The van der Waals surface area contributed by atoms with Gasteiger partial charge < -0.3 is 15.2 Å². The molecule has 3 fully saturated rings. The van der Waals surface area contributed by atoms with Gasteiger partial charge in [-0.1, -0.05) is 17.3 Å². The molecule has 3 heterocycles. The van der Waals surface area contributed by atoms with Gasteiger partial charge in [0.2, 0.25) is 11.8 Å². The number of thioether (sulfide) groups is 1. The average Bonchev–Trinajstić information content (AvgIpc) is 3.30. The first-order valence-corrected chi connectivity index (χ1v) is 9.86. The SMILES string of the molecule is NC1(c2noc(C3CSC4(c5ccc(F)cc5)CCC(=O)N34)n2)CCC1. The summed E-state index contributed by atoms with van der Waals surface area (Å²) in [4.78, 5) is 18.6. The van der Waals surface area contributed by atoms with Crippen molar-refractivity contribution >= 4 is 17.7 Å². The number of hydrogen-bond acceptors (Lipinski definition) is 6. The van der Waals surface area contributed by atoms with Crippen molar-refractivity contribution in [1.82, 2.24) is 15.0 Å². The number of carbonyl (C=O) groups is 1. The number of aromatic nitrogens is 2. The molecule has 1 aliphatic carbocycles. The Balaban J connectivity index is 1.50. The van der Waals surface area contributed by atoms with E-state index >= 15 is 0 Å². The molecule has 6 nitrogen and oxygen atoms in total. The van der Waals surface area contributed by atoms with Gasteiger partial charge in [-0.2, -0.15) is 4.98 Å². The van der Waals surface area contributed by atoms with Gasteiger partial charge in [0.05, 0.1) is 5.54 Å². The molecule has 8 heteroatoms. The third kappa shape index (κ3) is 2.18. The van der Waals surface area contributed by atoms with Crippen LogP contribution in [0.3, 0.4) is 0 Å². The van der Waals surface area contributed by atoms with Crippen molar-refractivity contribution in [2.45, 2.75) is 48.6 Å². The number of nitrogens with zero attached hydrogens (tertiary/aromatic N) is 3. The summed E-state index contributed by atoms with van der Waals surface area (Å²) in [5.41, 5.74) is 6.74. The Labute approximate surface area is 154 Å². The van der Waals surface area contributed by atoms with Crippen LogP contribution < -0.4 is 5.73 Å². The molecule has 2 N–H and O–H groups in total. The maximum Gasteiger partial charge on any atom is 0.250 e. The Morgan fingerprint density at radius 3 is 2.73 bits per heavy atom. The maximum atomic E-state index is 13.4. The summed E-state index contributed by atoms with van der Waals surface area (Å²) in [6, 6.07) is 6.14. The monoisotopic (exact) mass is 374 g/mol. The molecule has 2 atom stereocenters. The predicted octanol–water partition coefficient (Wildman–Crippen LogP) is 2.81. The highest BCUT2D eigenvalue weighted by atomic mass is 32.2. The second-order valence-corrected chi connectivity index (χ2v) is 8.65. The zero-order valence-electron chi connectivity index (χ0n) is 14.2. The van der Waals surface area contributed by atoms with Crippen LogP contribution in [0.2, 0.25) is 0 Å². The standard InChI is InChI=1S/C18H19FN4O2S/c19-12-4-2-11(3-5-12)18-9-6-14(24)23(18)13(10-26-18)15-21-16(22-25-15)17(20)7-1-8-17/h2-5,13H,1,6-10,20H2. The topological polar surface area (TPSA) is 85.2 Å². The van der Waals surface area contributed by atoms with Crippen LogP contribution in [0.25, 0.3) is 0 Å². The molecule has 1 saturated carbocycles. The van der Waals surface area contributed by atoms with E-state index in [9.17, 15) is 9.18 Å². The van der Waals surface area contributed by atoms with E-state index in [1.165, 1.54) is 12.1 Å². The molecule has 2 saturated heterocycles. The summed E-state index contributed by atoms with van der Waals surface area (Å²) in [6.45, 7) is 0. The van der Waals surface area contributed by atoms with Crippen molar-refractivity contribution in [2.24, 2.45) is 5.73 Å². The van der Waals surface area contributed by atoms with Gasteiger partial charge in [0.25, 0.3) is 0 Å². The molecule has 1 amide bonds. The fourth-order valence-corrected chi connectivity index (χ4v) is 5.83. The second-order valence-electron chi connectivity index (χ2n) is 7.35. The Morgan fingerprint density at radius 1 is 1.27 bits per heavy atom. The zero-order chi connectivity index (χ0) is 17.9. The molecule has 2 aliphatic heterocycles. The first kappa shape index (κ1) is 16.3. The van der Waals surface area contributed by atoms with E-state index in [2.05, 4.69) is 10.1 Å². The average molecular weight is 374 g/mol. The van der Waals surface area contributed by atoms with Gasteiger partial charge in [0.15, 0.2) is 5.82 Å². The molecule has 136 valence electrons. The molecule has 0 radical (unpaired) electrons. The van der Waals surface area contributed by atoms with E-state index in [0.29, 0.717) is 30.3 Å². The number of nitrogens with two attached hydrogens (primary N) is 1. The van der Waals surface area contributed by atoms with Crippen LogP contribution in [-0.4, -0.2) is 26.7 Å². The molecule has 2 unspecified atom stereocenters. The molecule has 2 aromatic rings. The number of hydrogen-bond donors (Lipinski definition) is 1. The second kappa shape index (κ2) is 5.53. The van der Waals surface area contributed by atoms with Crippen molar-refractivity contribution in [3.63, 3.8) is 0 Å². The summed E-state index contributed by atoms with van der Waals surface area (Å²) in [6.07, 6.45) is 3.93. The van der Waals surface area contributed by atoms with Crippen LogP contribution in [0.4, 0.5) is 4.39 Å². The van der Waals surface area contributed by atoms with Crippen LogP contribution >= 0.6 is 11.8 Å². The third-order valence-corrected chi connectivity index (χ3v) is 7.44. The lowest BCUT2D eigenvalue weighted by Crippen LogP contribution is -2.44. The molecule has 5 rings (SSSR count). The van der Waals surface area contributed by atoms with Gasteiger partial charge in [-0.15, -0.1) is 11.8 Å². The van der Waals surface area contributed by atoms with Gasteiger partial charge in [-0.3, -0.25) is 4.79 Å². The van der Waals surface area contributed by atoms with E-state index in [0.717, 1.165) is 24.8 Å². The molecule has 1 aromatic carbocycles. The minimum Gasteiger partial charge on any atom is -0.337 e. The highest BCUT2D eigenvalue weighted by Crippen LogP contribution is 2.58. The molecular weight excluding hydrogens is 355 g/mol. The minimum atomic E-state index is -0.490. The number of halogens is 1. The van der Waals surface area contributed by atoms with Crippen LogP contribution in [0.5, 0.6) is 0 Å². The Bertz CT molecular complexity index is 866. The number of rotatable bonds is 3. The van der Waals surface area contributed by atoms with Crippen LogP contribution in [0, 0.1) is 5.82 Å².